The molecule has 3 aromatic rings. The molecule has 4 nitrogen and oxygen atoms in total. The predicted molar refractivity (Wildman–Crippen MR) is 134 cm³/mol. The molecular formula is C27H26F3N2O2S+. The van der Waals surface area contributed by atoms with Gasteiger partial charge >= 0.3 is 16.2 Å². The van der Waals surface area contributed by atoms with Crippen LogP contribution in [0.3, 0.4) is 0 Å². The van der Waals surface area contributed by atoms with Crippen LogP contribution in [0.1, 0.15) is 11.1 Å². The lowest BCUT2D eigenvalue weighted by Crippen LogP contribution is -2.54. The van der Waals surface area contributed by atoms with Crippen molar-refractivity contribution < 1.29 is 21.6 Å². The molecule has 0 fully saturated rings. The maximum Gasteiger partial charge on any atom is 0.408 e. The van der Waals surface area contributed by atoms with Crippen LogP contribution in [-0.2, 0) is 16.4 Å². The molecule has 1 aliphatic rings. The van der Waals surface area contributed by atoms with Gasteiger partial charge in [0.15, 0.2) is 11.4 Å². The van der Waals surface area contributed by atoms with Crippen LogP contribution in [0.5, 0.6) is 0 Å². The van der Waals surface area contributed by atoms with Crippen molar-refractivity contribution in [1.82, 2.24) is 3.89 Å². The Balaban J connectivity index is 1.78. The predicted octanol–water partition coefficient (Wildman–Crippen LogP) is 5.56. The van der Waals surface area contributed by atoms with Crippen LogP contribution in [0, 0.1) is 0 Å². The zero-order chi connectivity index (χ0) is 25.1. The molecule has 1 aliphatic heterocycles. The van der Waals surface area contributed by atoms with Crippen molar-refractivity contribution in [2.24, 2.45) is 5.73 Å². The summed E-state index contributed by atoms with van der Waals surface area (Å²) in [5, 5.41) is 0. The van der Waals surface area contributed by atoms with E-state index in [0.29, 0.717) is 12.0 Å². The molecule has 182 valence electrons. The Hall–Kier alpha value is -3.20. The Bertz CT molecular complexity index is 1370. The lowest BCUT2D eigenvalue weighted by molar-refractivity contribution is -0.106. The van der Waals surface area contributed by atoms with Crippen LogP contribution in [0.2, 0.25) is 0 Å². The summed E-state index contributed by atoms with van der Waals surface area (Å²) in [4.78, 5) is 0. The van der Waals surface area contributed by atoms with Gasteiger partial charge in [-0.25, -0.2) is 0 Å². The standard InChI is InChI=1S/C27H26F3N2O2S/c28-27(29,30)20-35(33,34)32(15-7-9-22(18-31)19-32)25-13-6-8-21(17-25)16-24-12-4-5-14-26(24)23-10-2-1-3-11-23/h1-14,17,19H,15-16,18,20,31H2/q+1. The Morgan fingerprint density at radius 2 is 1.63 bits per heavy atom. The fourth-order valence-electron chi connectivity index (χ4n) is 4.40. The number of alkyl halides is 3. The SMILES string of the molecule is NCC1=C[N+](c2cccc(Cc3ccccc3-c3ccccc3)c2)(S(=O)(=O)CC(F)(F)F)CC=C1. The molecule has 0 radical (unpaired) electrons. The minimum Gasteiger partial charge on any atom is -0.326 e. The first-order chi connectivity index (χ1) is 16.6. The van der Waals surface area contributed by atoms with Gasteiger partial charge in [0.2, 0.25) is 0 Å². The van der Waals surface area contributed by atoms with Gasteiger partial charge < -0.3 is 5.73 Å². The van der Waals surface area contributed by atoms with Crippen molar-refractivity contribution >= 4 is 15.7 Å². The van der Waals surface area contributed by atoms with E-state index in [1.165, 1.54) is 6.20 Å². The third kappa shape index (κ3) is 5.40. The molecule has 0 bridgehead atoms. The molecule has 0 saturated carbocycles. The van der Waals surface area contributed by atoms with E-state index in [1.54, 1.807) is 30.4 Å². The first-order valence-electron chi connectivity index (χ1n) is 11.1. The van der Waals surface area contributed by atoms with Gasteiger partial charge in [-0.05, 0) is 34.8 Å². The van der Waals surface area contributed by atoms with Gasteiger partial charge in [-0.15, -0.1) is 0 Å². The molecule has 3 aromatic carbocycles. The second kappa shape index (κ2) is 9.81. The highest BCUT2D eigenvalue weighted by atomic mass is 32.2. The third-order valence-corrected chi connectivity index (χ3v) is 8.16. The fraction of sp³-hybridized carbons (Fsp3) is 0.185. The summed E-state index contributed by atoms with van der Waals surface area (Å²) in [5.74, 6) is -1.93. The molecule has 2 N–H and O–H groups in total. The summed E-state index contributed by atoms with van der Waals surface area (Å²) >= 11 is 0. The van der Waals surface area contributed by atoms with Crippen molar-refractivity contribution in [3.05, 3.63) is 114 Å². The van der Waals surface area contributed by atoms with Crippen LogP contribution in [0.15, 0.2) is 103 Å². The van der Waals surface area contributed by atoms with E-state index < -0.39 is 25.8 Å². The van der Waals surface area contributed by atoms with Crippen LogP contribution in [0.4, 0.5) is 18.9 Å². The van der Waals surface area contributed by atoms with Crippen LogP contribution in [-0.4, -0.2) is 33.4 Å². The number of nitrogens with two attached hydrogens (primary N) is 1. The first kappa shape index (κ1) is 24.9. The smallest absolute Gasteiger partial charge is 0.326 e. The lowest BCUT2D eigenvalue weighted by Gasteiger charge is -2.34. The van der Waals surface area contributed by atoms with Gasteiger partial charge in [-0.1, -0.05) is 72.8 Å². The Labute approximate surface area is 203 Å². The van der Waals surface area contributed by atoms with Gasteiger partial charge in [-0.3, -0.25) is 0 Å². The highest BCUT2D eigenvalue weighted by molar-refractivity contribution is 7.91. The van der Waals surface area contributed by atoms with Crippen molar-refractivity contribution in [3.8, 4) is 11.1 Å². The van der Waals surface area contributed by atoms with E-state index in [1.807, 2.05) is 60.7 Å². The first-order valence-corrected chi connectivity index (χ1v) is 12.7. The summed E-state index contributed by atoms with van der Waals surface area (Å²) in [7, 11) is -4.71. The summed E-state index contributed by atoms with van der Waals surface area (Å²) in [6, 6.07) is 24.5. The van der Waals surface area contributed by atoms with E-state index in [4.69, 9.17) is 5.73 Å². The average molecular weight is 500 g/mol. The zero-order valence-electron chi connectivity index (χ0n) is 18.9. The molecule has 0 amide bonds. The maximum atomic E-state index is 13.3. The summed E-state index contributed by atoms with van der Waals surface area (Å²) in [5.41, 5.74) is 10.3. The van der Waals surface area contributed by atoms with Gasteiger partial charge in [0, 0.05) is 24.3 Å². The van der Waals surface area contributed by atoms with E-state index in [0.717, 1.165) is 22.3 Å². The summed E-state index contributed by atoms with van der Waals surface area (Å²) in [6.45, 7) is -0.131. The lowest BCUT2D eigenvalue weighted by atomic mass is 9.95. The zero-order valence-corrected chi connectivity index (χ0v) is 19.8. The van der Waals surface area contributed by atoms with E-state index >= 15 is 0 Å². The molecule has 1 heterocycles. The number of nitrogens with zero attached hydrogens (tertiary/aromatic N) is 1. The minimum atomic E-state index is -4.87. The highest BCUT2D eigenvalue weighted by Gasteiger charge is 2.50. The van der Waals surface area contributed by atoms with Crippen molar-refractivity contribution in [2.45, 2.75) is 12.6 Å². The Morgan fingerprint density at radius 3 is 2.34 bits per heavy atom. The molecular weight excluding hydrogens is 473 g/mol. The van der Waals surface area contributed by atoms with Gasteiger partial charge in [-0.2, -0.15) is 25.5 Å². The van der Waals surface area contributed by atoms with Gasteiger partial charge in [0.1, 0.15) is 12.7 Å². The molecule has 0 aliphatic carbocycles. The normalized spacial score (nSPS) is 18.3. The molecule has 4 rings (SSSR count). The van der Waals surface area contributed by atoms with E-state index in [2.05, 4.69) is 0 Å². The second-order valence-electron chi connectivity index (χ2n) is 8.50. The number of halogens is 3. The molecule has 8 heteroatoms. The molecule has 0 spiro atoms. The van der Waals surface area contributed by atoms with Crippen LogP contribution in [0.25, 0.3) is 11.1 Å². The summed E-state index contributed by atoms with van der Waals surface area (Å²) in [6.07, 6.45) is 0.168. The quantitative estimate of drug-likeness (QED) is 0.433. The number of rotatable bonds is 7. The summed E-state index contributed by atoms with van der Waals surface area (Å²) < 4.78 is 65.4. The van der Waals surface area contributed by atoms with Crippen molar-refractivity contribution in [3.63, 3.8) is 0 Å². The number of hydrogen-bond acceptors (Lipinski definition) is 3. The minimum absolute atomic E-state index is 0.0161. The van der Waals surface area contributed by atoms with Gasteiger partial charge in [0.25, 0.3) is 0 Å². The largest absolute Gasteiger partial charge is 0.408 e. The number of quaternary nitrogens is 1. The molecule has 1 unspecified atom stereocenters. The molecule has 0 saturated heterocycles. The Kier molecular flexibility index (Phi) is 6.98. The topological polar surface area (TPSA) is 60.2 Å². The van der Waals surface area contributed by atoms with Crippen LogP contribution >= 0.6 is 0 Å². The third-order valence-electron chi connectivity index (χ3n) is 6.01. The highest BCUT2D eigenvalue weighted by Crippen LogP contribution is 2.36. The van der Waals surface area contributed by atoms with Crippen molar-refractivity contribution in [2.75, 3.05) is 18.8 Å². The second-order valence-corrected chi connectivity index (χ2v) is 10.6. The average Bonchev–Trinajstić information content (AvgIpc) is 2.83. The van der Waals surface area contributed by atoms with Crippen molar-refractivity contribution in [1.29, 1.82) is 0 Å². The molecule has 1 atom stereocenters. The van der Waals surface area contributed by atoms with E-state index in [-0.39, 0.29) is 18.8 Å². The number of sulfonamides is 1. The monoisotopic (exact) mass is 499 g/mol. The Morgan fingerprint density at radius 1 is 0.914 bits per heavy atom. The van der Waals surface area contributed by atoms with E-state index in [9.17, 15) is 21.6 Å². The molecule has 0 aromatic heterocycles. The molecule has 35 heavy (non-hydrogen) atoms. The number of hydrogen-bond donors (Lipinski definition) is 1. The fourth-order valence-corrected chi connectivity index (χ4v) is 6.08. The van der Waals surface area contributed by atoms with Crippen LogP contribution < -0.4 is 9.62 Å². The van der Waals surface area contributed by atoms with Gasteiger partial charge in [0.05, 0.1) is 0 Å². The number of benzene rings is 3. The maximum absolute atomic E-state index is 13.3.